The Kier molecular flexibility index (Phi) is 7.69. The zero-order chi connectivity index (χ0) is 24.2. The third kappa shape index (κ3) is 5.18. The van der Waals surface area contributed by atoms with E-state index >= 15 is 0 Å². The second kappa shape index (κ2) is 10.7. The van der Waals surface area contributed by atoms with Gasteiger partial charge in [-0.1, -0.05) is 43.7 Å². The van der Waals surface area contributed by atoms with E-state index in [0.717, 1.165) is 49.5 Å². The van der Waals surface area contributed by atoms with Crippen LogP contribution in [0.1, 0.15) is 58.0 Å². The van der Waals surface area contributed by atoms with E-state index in [1.165, 1.54) is 5.56 Å². The van der Waals surface area contributed by atoms with Crippen molar-refractivity contribution >= 4 is 16.6 Å². The first-order valence-corrected chi connectivity index (χ1v) is 12.7. The van der Waals surface area contributed by atoms with Gasteiger partial charge in [0.05, 0.1) is 16.9 Å². The lowest BCUT2D eigenvalue weighted by atomic mass is 10.0. The molecule has 0 radical (unpaired) electrons. The van der Waals surface area contributed by atoms with Gasteiger partial charge in [0, 0.05) is 51.0 Å². The van der Waals surface area contributed by atoms with Gasteiger partial charge in [-0.3, -0.25) is 14.3 Å². The predicted molar refractivity (Wildman–Crippen MR) is 142 cm³/mol. The number of benzene rings is 2. The standard InChI is InChI=1S/C28H39N5O/c1-6-11-26(32-17-20(3)29-21(4)18-32)27-30-25-15-14-23(16-24(25)28(34)33(27)7-2)31(5)19-22-12-9-8-10-13-22/h8-10,12-16,20-21,26,29H,6-7,11,17-19H2,1-5H3/t20-,21+,26?. The van der Waals surface area contributed by atoms with Crippen molar-refractivity contribution in [2.24, 2.45) is 0 Å². The van der Waals surface area contributed by atoms with Crippen LogP contribution in [0.3, 0.4) is 0 Å². The molecule has 6 heteroatoms. The smallest absolute Gasteiger partial charge is 0.261 e. The Bertz CT molecular complexity index is 1150. The monoisotopic (exact) mass is 461 g/mol. The normalized spacial score (nSPS) is 19.9. The summed E-state index contributed by atoms with van der Waals surface area (Å²) in [6.07, 6.45) is 2.05. The van der Waals surface area contributed by atoms with E-state index in [-0.39, 0.29) is 11.6 Å². The number of nitrogens with one attached hydrogen (secondary N) is 1. The summed E-state index contributed by atoms with van der Waals surface area (Å²) in [5, 5.41) is 4.32. The number of anilines is 1. The summed E-state index contributed by atoms with van der Waals surface area (Å²) in [6.45, 7) is 12.1. The second-order valence-corrected chi connectivity index (χ2v) is 9.79. The number of piperazine rings is 1. The van der Waals surface area contributed by atoms with Crippen LogP contribution in [0.5, 0.6) is 0 Å². The molecule has 182 valence electrons. The van der Waals surface area contributed by atoms with Crippen molar-refractivity contribution < 1.29 is 0 Å². The molecule has 3 aromatic rings. The molecule has 1 saturated heterocycles. The van der Waals surface area contributed by atoms with Gasteiger partial charge in [0.1, 0.15) is 5.82 Å². The molecule has 2 heterocycles. The molecule has 0 bridgehead atoms. The summed E-state index contributed by atoms with van der Waals surface area (Å²) in [5.41, 5.74) is 3.13. The van der Waals surface area contributed by atoms with Crippen molar-refractivity contribution in [3.05, 3.63) is 70.3 Å². The van der Waals surface area contributed by atoms with Crippen LogP contribution in [-0.2, 0) is 13.1 Å². The summed E-state index contributed by atoms with van der Waals surface area (Å²) < 4.78 is 1.90. The SMILES string of the molecule is CCCC(c1nc2ccc(N(C)Cc3ccccc3)cc2c(=O)n1CC)N1C[C@@H](C)N[C@@H](C)C1. The van der Waals surface area contributed by atoms with E-state index < -0.39 is 0 Å². The van der Waals surface area contributed by atoms with Crippen LogP contribution in [-0.4, -0.2) is 46.7 Å². The molecule has 0 aliphatic carbocycles. The molecule has 0 amide bonds. The molecule has 1 aromatic heterocycles. The molecule has 0 spiro atoms. The Balaban J connectivity index is 1.72. The molecule has 1 aliphatic heterocycles. The summed E-state index contributed by atoms with van der Waals surface area (Å²) in [4.78, 5) is 23.5. The third-order valence-corrected chi connectivity index (χ3v) is 6.87. The van der Waals surface area contributed by atoms with Crippen molar-refractivity contribution in [3.63, 3.8) is 0 Å². The highest BCUT2D eigenvalue weighted by Crippen LogP contribution is 2.28. The lowest BCUT2D eigenvalue weighted by Crippen LogP contribution is -2.55. The molecule has 2 aromatic carbocycles. The Morgan fingerprint density at radius 2 is 1.79 bits per heavy atom. The molecule has 34 heavy (non-hydrogen) atoms. The predicted octanol–water partition coefficient (Wildman–Crippen LogP) is 4.58. The number of rotatable bonds is 8. The van der Waals surface area contributed by atoms with Crippen molar-refractivity contribution in [2.75, 3.05) is 25.0 Å². The molecule has 4 rings (SSSR count). The number of nitrogens with zero attached hydrogens (tertiary/aromatic N) is 4. The van der Waals surface area contributed by atoms with E-state index in [0.29, 0.717) is 24.0 Å². The zero-order valence-corrected chi connectivity index (χ0v) is 21.3. The Labute approximate surface area is 203 Å². The first-order chi connectivity index (χ1) is 16.4. The fraction of sp³-hybridized carbons (Fsp3) is 0.500. The Morgan fingerprint density at radius 3 is 2.44 bits per heavy atom. The molecule has 3 atom stereocenters. The van der Waals surface area contributed by atoms with E-state index in [1.54, 1.807) is 0 Å². The minimum absolute atomic E-state index is 0.0646. The van der Waals surface area contributed by atoms with Gasteiger partial charge in [0.25, 0.3) is 5.56 Å². The Hall–Kier alpha value is -2.70. The fourth-order valence-electron chi connectivity index (χ4n) is 5.34. The third-order valence-electron chi connectivity index (χ3n) is 6.87. The molecule has 1 N–H and O–H groups in total. The van der Waals surface area contributed by atoms with Crippen LogP contribution in [0.2, 0.25) is 0 Å². The molecule has 1 aliphatic rings. The molecule has 6 nitrogen and oxygen atoms in total. The summed E-state index contributed by atoms with van der Waals surface area (Å²) in [7, 11) is 2.07. The maximum absolute atomic E-state index is 13.7. The van der Waals surface area contributed by atoms with Crippen molar-refractivity contribution in [2.45, 2.75) is 71.8 Å². The summed E-state index contributed by atoms with van der Waals surface area (Å²) in [6, 6.07) is 17.5. The van der Waals surface area contributed by atoms with Crippen LogP contribution in [0, 0.1) is 0 Å². The lowest BCUT2D eigenvalue weighted by Gasteiger charge is -2.41. The fourth-order valence-corrected chi connectivity index (χ4v) is 5.34. The highest BCUT2D eigenvalue weighted by Gasteiger charge is 2.30. The van der Waals surface area contributed by atoms with E-state index in [9.17, 15) is 4.79 Å². The first-order valence-electron chi connectivity index (χ1n) is 12.7. The second-order valence-electron chi connectivity index (χ2n) is 9.79. The molecule has 0 saturated carbocycles. The highest BCUT2D eigenvalue weighted by atomic mass is 16.1. The van der Waals surface area contributed by atoms with Crippen LogP contribution in [0.25, 0.3) is 10.9 Å². The number of aromatic nitrogens is 2. The van der Waals surface area contributed by atoms with E-state index in [2.05, 4.69) is 80.2 Å². The maximum atomic E-state index is 13.7. The number of hydrogen-bond acceptors (Lipinski definition) is 5. The van der Waals surface area contributed by atoms with Crippen molar-refractivity contribution in [3.8, 4) is 0 Å². The average Bonchev–Trinajstić information content (AvgIpc) is 2.82. The summed E-state index contributed by atoms with van der Waals surface area (Å²) >= 11 is 0. The van der Waals surface area contributed by atoms with Gasteiger partial charge in [0.15, 0.2) is 0 Å². The molecule has 1 fully saturated rings. The van der Waals surface area contributed by atoms with Gasteiger partial charge in [-0.25, -0.2) is 4.98 Å². The first kappa shape index (κ1) is 24.4. The van der Waals surface area contributed by atoms with E-state index in [4.69, 9.17) is 4.98 Å². The average molecular weight is 462 g/mol. The zero-order valence-electron chi connectivity index (χ0n) is 21.3. The lowest BCUT2D eigenvalue weighted by molar-refractivity contribution is 0.109. The van der Waals surface area contributed by atoms with Gasteiger partial charge < -0.3 is 10.2 Å². The summed E-state index contributed by atoms with van der Waals surface area (Å²) in [5.74, 6) is 0.911. The molecular formula is C28H39N5O. The maximum Gasteiger partial charge on any atom is 0.261 e. The van der Waals surface area contributed by atoms with Crippen LogP contribution >= 0.6 is 0 Å². The minimum Gasteiger partial charge on any atom is -0.370 e. The van der Waals surface area contributed by atoms with Gasteiger partial charge >= 0.3 is 0 Å². The van der Waals surface area contributed by atoms with Crippen molar-refractivity contribution in [1.82, 2.24) is 19.8 Å². The molecule has 1 unspecified atom stereocenters. The largest absolute Gasteiger partial charge is 0.370 e. The number of hydrogen-bond donors (Lipinski definition) is 1. The topological polar surface area (TPSA) is 53.4 Å². The van der Waals surface area contributed by atoms with Crippen LogP contribution < -0.4 is 15.8 Å². The number of fused-ring (bicyclic) bond motifs is 1. The van der Waals surface area contributed by atoms with Crippen LogP contribution in [0.4, 0.5) is 5.69 Å². The quantitative estimate of drug-likeness (QED) is 0.532. The minimum atomic E-state index is 0.0646. The van der Waals surface area contributed by atoms with Gasteiger partial charge in [-0.15, -0.1) is 0 Å². The van der Waals surface area contributed by atoms with Crippen molar-refractivity contribution in [1.29, 1.82) is 0 Å². The van der Waals surface area contributed by atoms with E-state index in [1.807, 2.05) is 22.8 Å². The van der Waals surface area contributed by atoms with Gasteiger partial charge in [-0.2, -0.15) is 0 Å². The Morgan fingerprint density at radius 1 is 1.09 bits per heavy atom. The van der Waals surface area contributed by atoms with Gasteiger partial charge in [-0.05, 0) is 51.0 Å². The molecular weight excluding hydrogens is 422 g/mol. The van der Waals surface area contributed by atoms with Gasteiger partial charge in [0.2, 0.25) is 0 Å². The van der Waals surface area contributed by atoms with Crippen LogP contribution in [0.15, 0.2) is 53.3 Å². The highest BCUT2D eigenvalue weighted by molar-refractivity contribution is 5.82.